The van der Waals surface area contributed by atoms with Gasteiger partial charge in [0, 0.05) is 6.07 Å². The van der Waals surface area contributed by atoms with Crippen molar-refractivity contribution in [1.82, 2.24) is 20.7 Å². The van der Waals surface area contributed by atoms with E-state index in [2.05, 4.69) is 15.8 Å². The van der Waals surface area contributed by atoms with Gasteiger partial charge in [-0.25, -0.2) is 14.2 Å². The summed E-state index contributed by atoms with van der Waals surface area (Å²) in [6, 6.07) is 4.04. The summed E-state index contributed by atoms with van der Waals surface area (Å²) in [6.07, 6.45) is -1.36. The monoisotopic (exact) mass is 558 g/mol. The van der Waals surface area contributed by atoms with Crippen LogP contribution in [0, 0.1) is 5.82 Å². The summed E-state index contributed by atoms with van der Waals surface area (Å²) in [5.74, 6) is -2.61. The van der Waals surface area contributed by atoms with Crippen LogP contribution in [0.1, 0.15) is 48.5 Å². The molecule has 3 rings (SSSR count). The second-order valence-electron chi connectivity index (χ2n) is 8.70. The molecule has 1 aliphatic rings. The van der Waals surface area contributed by atoms with Gasteiger partial charge in [0.1, 0.15) is 18.0 Å². The molecule has 0 spiro atoms. The van der Waals surface area contributed by atoms with Crippen molar-refractivity contribution in [3.63, 3.8) is 0 Å². The molecule has 0 radical (unpaired) electrons. The van der Waals surface area contributed by atoms with Gasteiger partial charge in [0.05, 0.1) is 29.3 Å². The van der Waals surface area contributed by atoms with Crippen LogP contribution in [0.3, 0.4) is 0 Å². The van der Waals surface area contributed by atoms with E-state index < -0.39 is 35.5 Å². The number of hydrogen-bond acceptors (Lipinski definition) is 7. The van der Waals surface area contributed by atoms with Gasteiger partial charge in [-0.05, 0) is 45.9 Å². The zero-order valence-electron chi connectivity index (χ0n) is 20.3. The van der Waals surface area contributed by atoms with Gasteiger partial charge in [-0.15, -0.1) is 0 Å². The fourth-order valence-corrected chi connectivity index (χ4v) is 3.97. The molecule has 0 bridgehead atoms. The minimum Gasteiger partial charge on any atom is -0.488 e. The van der Waals surface area contributed by atoms with Crippen molar-refractivity contribution in [3.8, 4) is 11.5 Å². The quantitative estimate of drug-likeness (QED) is 0.343. The van der Waals surface area contributed by atoms with Gasteiger partial charge in [-0.2, -0.15) is 0 Å². The standard InChI is InChI=1S/C23H25Cl2FN4O7/c1-11(2)37-17-6-5-16(27-19(17)25)21(32)29-28-20(31)13-7-15(26)18(8-14(13)24)35-9-12-10-36-23(3,4)30(12)22(33)34/h5-8,11-12H,9-10H2,1-4H3,(H,28,31)(H,29,32)(H,33,34). The van der Waals surface area contributed by atoms with Crippen molar-refractivity contribution in [2.24, 2.45) is 0 Å². The van der Waals surface area contributed by atoms with Crippen LogP contribution in [-0.2, 0) is 4.74 Å². The van der Waals surface area contributed by atoms with Gasteiger partial charge < -0.3 is 19.3 Å². The number of carbonyl (C=O) groups is 3. The Morgan fingerprint density at radius 1 is 1.22 bits per heavy atom. The van der Waals surface area contributed by atoms with E-state index in [0.717, 1.165) is 17.0 Å². The van der Waals surface area contributed by atoms with Gasteiger partial charge in [-0.1, -0.05) is 23.2 Å². The number of rotatable bonds is 7. The first kappa shape index (κ1) is 28.2. The van der Waals surface area contributed by atoms with Crippen LogP contribution < -0.4 is 20.3 Å². The van der Waals surface area contributed by atoms with Gasteiger partial charge in [0.2, 0.25) is 0 Å². The van der Waals surface area contributed by atoms with E-state index in [4.69, 9.17) is 37.4 Å². The summed E-state index contributed by atoms with van der Waals surface area (Å²) in [7, 11) is 0. The first-order valence-electron chi connectivity index (χ1n) is 11.0. The fraction of sp³-hybridized carbons (Fsp3) is 0.391. The van der Waals surface area contributed by atoms with Gasteiger partial charge >= 0.3 is 6.09 Å². The Morgan fingerprint density at radius 2 is 1.89 bits per heavy atom. The molecule has 1 saturated heterocycles. The fourth-order valence-electron chi connectivity index (χ4n) is 3.53. The topological polar surface area (TPSA) is 139 Å². The normalized spacial score (nSPS) is 16.4. The second-order valence-corrected chi connectivity index (χ2v) is 9.46. The number of nitrogens with zero attached hydrogens (tertiary/aromatic N) is 2. The molecular formula is C23H25Cl2FN4O7. The maximum absolute atomic E-state index is 14.7. The molecule has 0 saturated carbocycles. The van der Waals surface area contributed by atoms with E-state index in [-0.39, 0.29) is 46.5 Å². The van der Waals surface area contributed by atoms with Gasteiger partial charge in [0.25, 0.3) is 11.8 Å². The molecule has 11 nitrogen and oxygen atoms in total. The number of carbonyl (C=O) groups excluding carboxylic acids is 2. The van der Waals surface area contributed by atoms with E-state index in [1.54, 1.807) is 27.7 Å². The number of amides is 3. The third kappa shape index (κ3) is 6.70. The largest absolute Gasteiger partial charge is 0.488 e. The van der Waals surface area contributed by atoms with Crippen LogP contribution in [0.2, 0.25) is 10.2 Å². The first-order valence-corrected chi connectivity index (χ1v) is 11.8. The summed E-state index contributed by atoms with van der Waals surface area (Å²) in [5, 5.41) is 9.23. The molecule has 1 aromatic carbocycles. The molecule has 2 aromatic rings. The van der Waals surface area contributed by atoms with E-state index in [0.29, 0.717) is 5.75 Å². The van der Waals surface area contributed by atoms with E-state index in [1.165, 1.54) is 12.1 Å². The molecule has 1 fully saturated rings. The molecule has 200 valence electrons. The van der Waals surface area contributed by atoms with Crippen LogP contribution in [0.4, 0.5) is 9.18 Å². The summed E-state index contributed by atoms with van der Waals surface area (Å²) in [4.78, 5) is 41.4. The Bertz CT molecular complexity index is 1210. The van der Waals surface area contributed by atoms with Crippen LogP contribution in [0.15, 0.2) is 24.3 Å². The van der Waals surface area contributed by atoms with Crippen LogP contribution >= 0.6 is 23.2 Å². The molecule has 3 amide bonds. The molecule has 3 N–H and O–H groups in total. The number of hydrazine groups is 1. The highest BCUT2D eigenvalue weighted by molar-refractivity contribution is 6.34. The molecule has 0 aliphatic carbocycles. The lowest BCUT2D eigenvalue weighted by molar-refractivity contribution is -0.0430. The Kier molecular flexibility index (Phi) is 8.67. The zero-order valence-corrected chi connectivity index (χ0v) is 21.8. The highest BCUT2D eigenvalue weighted by atomic mass is 35.5. The van der Waals surface area contributed by atoms with Crippen molar-refractivity contribution in [2.45, 2.75) is 45.6 Å². The molecule has 1 unspecified atom stereocenters. The number of ether oxygens (including phenoxy) is 3. The molecule has 2 heterocycles. The first-order chi connectivity index (χ1) is 17.3. The molecule has 1 atom stereocenters. The SMILES string of the molecule is CC(C)Oc1ccc(C(=O)NNC(=O)c2cc(F)c(OCC3COC(C)(C)N3C(=O)O)cc2Cl)nc1Cl. The summed E-state index contributed by atoms with van der Waals surface area (Å²) in [6.45, 7) is 6.63. The average molecular weight is 559 g/mol. The molecule has 1 aliphatic heterocycles. The molecule has 1 aromatic heterocycles. The maximum Gasteiger partial charge on any atom is 0.410 e. The van der Waals surface area contributed by atoms with Gasteiger partial charge in [0.15, 0.2) is 22.5 Å². The minimum atomic E-state index is -1.21. The lowest BCUT2D eigenvalue weighted by atomic mass is 10.2. The van der Waals surface area contributed by atoms with Crippen LogP contribution in [-0.4, -0.2) is 64.0 Å². The predicted octanol–water partition coefficient (Wildman–Crippen LogP) is 3.88. The van der Waals surface area contributed by atoms with Crippen molar-refractivity contribution in [1.29, 1.82) is 0 Å². The number of aromatic nitrogens is 1. The number of halogens is 3. The lowest BCUT2D eigenvalue weighted by Gasteiger charge is -2.30. The van der Waals surface area contributed by atoms with Gasteiger partial charge in [-0.3, -0.25) is 25.3 Å². The Balaban J connectivity index is 1.62. The Hall–Kier alpha value is -3.35. The van der Waals surface area contributed by atoms with Crippen molar-refractivity contribution < 1.29 is 38.1 Å². The number of pyridine rings is 1. The number of nitrogens with one attached hydrogen (secondary N) is 2. The number of hydrogen-bond donors (Lipinski definition) is 3. The van der Waals surface area contributed by atoms with Crippen molar-refractivity contribution in [2.75, 3.05) is 13.2 Å². The smallest absolute Gasteiger partial charge is 0.410 e. The number of benzene rings is 1. The van der Waals surface area contributed by atoms with Crippen LogP contribution in [0.5, 0.6) is 11.5 Å². The molecular weight excluding hydrogens is 534 g/mol. The average Bonchev–Trinajstić information content (AvgIpc) is 3.12. The highest BCUT2D eigenvalue weighted by Gasteiger charge is 2.44. The molecule has 37 heavy (non-hydrogen) atoms. The summed E-state index contributed by atoms with van der Waals surface area (Å²) in [5.41, 5.74) is 2.82. The summed E-state index contributed by atoms with van der Waals surface area (Å²) < 4.78 is 31.0. The third-order valence-corrected chi connectivity index (χ3v) is 5.76. The third-order valence-electron chi connectivity index (χ3n) is 5.18. The predicted molar refractivity (Wildman–Crippen MR) is 131 cm³/mol. The maximum atomic E-state index is 14.7. The Labute approximate surface area is 221 Å². The minimum absolute atomic E-state index is 0.0346. The van der Waals surface area contributed by atoms with Crippen molar-refractivity contribution >= 4 is 41.1 Å². The summed E-state index contributed by atoms with van der Waals surface area (Å²) >= 11 is 12.2. The second kappa shape index (κ2) is 11.4. The van der Waals surface area contributed by atoms with Crippen LogP contribution in [0.25, 0.3) is 0 Å². The number of carboxylic acid groups (broad SMARTS) is 1. The van der Waals surface area contributed by atoms with Crippen molar-refractivity contribution in [3.05, 3.63) is 51.5 Å². The molecule has 14 heteroatoms. The van der Waals surface area contributed by atoms with E-state index in [1.807, 2.05) is 0 Å². The van der Waals surface area contributed by atoms with E-state index in [9.17, 15) is 23.9 Å². The lowest BCUT2D eigenvalue weighted by Crippen LogP contribution is -2.49. The zero-order chi connectivity index (χ0) is 27.5. The highest BCUT2D eigenvalue weighted by Crippen LogP contribution is 2.30. The van der Waals surface area contributed by atoms with E-state index >= 15 is 0 Å². The Morgan fingerprint density at radius 3 is 2.51 bits per heavy atom.